The first-order chi connectivity index (χ1) is 9.78. The van der Waals surface area contributed by atoms with Crippen LogP contribution in [-0.4, -0.2) is 17.1 Å². The summed E-state index contributed by atoms with van der Waals surface area (Å²) in [5.41, 5.74) is 8.29. The summed E-state index contributed by atoms with van der Waals surface area (Å²) >= 11 is 0. The normalized spacial score (nSPS) is 17.0. The van der Waals surface area contributed by atoms with E-state index in [0.717, 1.165) is 29.4 Å². The van der Waals surface area contributed by atoms with Gasteiger partial charge < -0.3 is 11.1 Å². The molecule has 0 radical (unpaired) electrons. The number of nitriles is 1. The Hall–Kier alpha value is -2.12. The molecule has 4 nitrogen and oxygen atoms in total. The van der Waals surface area contributed by atoms with Crippen LogP contribution in [0.5, 0.6) is 0 Å². The number of nitrogens with one attached hydrogen (secondary N) is 1. The molecule has 0 amide bonds. The first-order valence-electron chi connectivity index (χ1n) is 7.04. The van der Waals surface area contributed by atoms with Gasteiger partial charge in [0.1, 0.15) is 6.07 Å². The molecule has 3 rings (SSSR count). The molecule has 0 saturated heterocycles. The fourth-order valence-electron chi connectivity index (χ4n) is 3.06. The molecule has 0 bridgehead atoms. The van der Waals surface area contributed by atoms with Crippen molar-refractivity contribution in [1.29, 1.82) is 5.26 Å². The van der Waals surface area contributed by atoms with Crippen LogP contribution in [-0.2, 0) is 0 Å². The van der Waals surface area contributed by atoms with Gasteiger partial charge in [0.25, 0.3) is 0 Å². The van der Waals surface area contributed by atoms with E-state index in [1.165, 1.54) is 12.8 Å². The van der Waals surface area contributed by atoms with E-state index in [0.29, 0.717) is 12.1 Å². The standard InChI is InChI=1S/C16H18N4/c17-9-12-10-19-14-6-2-1-5-13(14)15(12)20-16(11-18)7-3-4-8-16/h1-2,5-6,10H,3-4,7-8,11,18H2,(H,19,20). The Labute approximate surface area is 118 Å². The number of hydrogen-bond acceptors (Lipinski definition) is 4. The summed E-state index contributed by atoms with van der Waals surface area (Å²) in [6, 6.07) is 10.1. The highest BCUT2D eigenvalue weighted by atomic mass is 15.0. The summed E-state index contributed by atoms with van der Waals surface area (Å²) in [6.07, 6.45) is 6.14. The first kappa shape index (κ1) is 12.9. The summed E-state index contributed by atoms with van der Waals surface area (Å²) in [6.45, 7) is 0.592. The molecule has 1 heterocycles. The lowest BCUT2D eigenvalue weighted by atomic mass is 9.96. The van der Waals surface area contributed by atoms with Crippen molar-refractivity contribution in [1.82, 2.24) is 4.98 Å². The maximum absolute atomic E-state index is 9.35. The molecule has 4 heteroatoms. The summed E-state index contributed by atoms with van der Waals surface area (Å²) in [4.78, 5) is 4.34. The first-order valence-corrected chi connectivity index (χ1v) is 7.04. The van der Waals surface area contributed by atoms with Crippen molar-refractivity contribution in [3.05, 3.63) is 36.0 Å². The Bertz CT molecular complexity index is 666. The van der Waals surface area contributed by atoms with Crippen molar-refractivity contribution in [2.24, 2.45) is 5.73 Å². The van der Waals surface area contributed by atoms with Crippen LogP contribution in [0.15, 0.2) is 30.5 Å². The van der Waals surface area contributed by atoms with Crippen molar-refractivity contribution >= 4 is 16.6 Å². The minimum Gasteiger partial charge on any atom is -0.377 e. The van der Waals surface area contributed by atoms with E-state index in [1.54, 1.807) is 6.20 Å². The number of nitrogens with two attached hydrogens (primary N) is 1. The van der Waals surface area contributed by atoms with Crippen LogP contribution in [0.1, 0.15) is 31.2 Å². The van der Waals surface area contributed by atoms with E-state index in [-0.39, 0.29) is 5.54 Å². The zero-order valence-corrected chi connectivity index (χ0v) is 11.4. The van der Waals surface area contributed by atoms with Gasteiger partial charge in [0.05, 0.1) is 16.8 Å². The molecule has 0 aliphatic heterocycles. The van der Waals surface area contributed by atoms with E-state index < -0.39 is 0 Å². The number of fused-ring (bicyclic) bond motifs is 1. The van der Waals surface area contributed by atoms with Crippen LogP contribution < -0.4 is 11.1 Å². The van der Waals surface area contributed by atoms with Gasteiger partial charge in [0.2, 0.25) is 0 Å². The Morgan fingerprint density at radius 2 is 2.05 bits per heavy atom. The maximum atomic E-state index is 9.35. The van der Waals surface area contributed by atoms with Gasteiger partial charge >= 0.3 is 0 Å². The quantitative estimate of drug-likeness (QED) is 0.895. The van der Waals surface area contributed by atoms with Crippen LogP contribution in [0.25, 0.3) is 10.9 Å². The largest absolute Gasteiger partial charge is 0.377 e. The van der Waals surface area contributed by atoms with E-state index in [2.05, 4.69) is 16.4 Å². The highest BCUT2D eigenvalue weighted by molar-refractivity contribution is 5.94. The second-order valence-electron chi connectivity index (χ2n) is 5.49. The molecule has 1 aliphatic rings. The number of nitrogens with zero attached hydrogens (tertiary/aromatic N) is 2. The predicted molar refractivity (Wildman–Crippen MR) is 80.3 cm³/mol. The third-order valence-electron chi connectivity index (χ3n) is 4.24. The van der Waals surface area contributed by atoms with Gasteiger partial charge in [-0.25, -0.2) is 0 Å². The number of para-hydroxylation sites is 1. The minimum atomic E-state index is -0.0737. The fourth-order valence-corrected chi connectivity index (χ4v) is 3.06. The van der Waals surface area contributed by atoms with E-state index in [1.807, 2.05) is 24.3 Å². The number of benzene rings is 1. The lowest BCUT2D eigenvalue weighted by Gasteiger charge is -2.31. The Morgan fingerprint density at radius 3 is 2.75 bits per heavy atom. The van der Waals surface area contributed by atoms with Crippen LogP contribution >= 0.6 is 0 Å². The van der Waals surface area contributed by atoms with Gasteiger partial charge in [0.15, 0.2) is 0 Å². The summed E-state index contributed by atoms with van der Waals surface area (Å²) in [5, 5.41) is 13.9. The lowest BCUT2D eigenvalue weighted by Crippen LogP contribution is -2.43. The third kappa shape index (κ3) is 2.10. The van der Waals surface area contributed by atoms with Crippen LogP contribution in [0, 0.1) is 11.3 Å². The second kappa shape index (κ2) is 5.10. The average Bonchev–Trinajstić information content (AvgIpc) is 2.97. The Morgan fingerprint density at radius 1 is 1.30 bits per heavy atom. The molecule has 1 saturated carbocycles. The van der Waals surface area contributed by atoms with E-state index in [4.69, 9.17) is 5.73 Å². The molecule has 1 aliphatic carbocycles. The van der Waals surface area contributed by atoms with Crippen LogP contribution in [0.3, 0.4) is 0 Å². The summed E-state index contributed by atoms with van der Waals surface area (Å²) in [5.74, 6) is 0. The summed E-state index contributed by atoms with van der Waals surface area (Å²) in [7, 11) is 0. The van der Waals surface area contributed by atoms with E-state index in [9.17, 15) is 5.26 Å². The van der Waals surface area contributed by atoms with Gasteiger partial charge in [-0.1, -0.05) is 31.0 Å². The SMILES string of the molecule is N#Cc1cnc2ccccc2c1NC1(CN)CCCC1. The van der Waals surface area contributed by atoms with Gasteiger partial charge in [-0.3, -0.25) is 4.98 Å². The highest BCUT2D eigenvalue weighted by Gasteiger charge is 2.33. The zero-order chi connectivity index (χ0) is 14.0. The molecule has 0 unspecified atom stereocenters. The number of anilines is 1. The molecule has 2 aromatic rings. The van der Waals surface area contributed by atoms with Crippen molar-refractivity contribution < 1.29 is 0 Å². The number of pyridine rings is 1. The highest BCUT2D eigenvalue weighted by Crippen LogP contribution is 2.35. The number of rotatable bonds is 3. The maximum Gasteiger partial charge on any atom is 0.103 e. The molecular weight excluding hydrogens is 248 g/mol. The van der Waals surface area contributed by atoms with Gasteiger partial charge in [-0.15, -0.1) is 0 Å². The second-order valence-corrected chi connectivity index (χ2v) is 5.49. The molecular formula is C16H18N4. The number of hydrogen-bond donors (Lipinski definition) is 2. The molecule has 0 atom stereocenters. The van der Waals surface area contributed by atoms with Crippen molar-refractivity contribution in [3.8, 4) is 6.07 Å². The average molecular weight is 266 g/mol. The topological polar surface area (TPSA) is 74.7 Å². The smallest absolute Gasteiger partial charge is 0.103 e. The van der Waals surface area contributed by atoms with Gasteiger partial charge in [-0.05, 0) is 18.9 Å². The zero-order valence-electron chi connectivity index (χ0n) is 11.4. The predicted octanol–water partition coefficient (Wildman–Crippen LogP) is 2.79. The molecule has 1 fully saturated rings. The van der Waals surface area contributed by atoms with Gasteiger partial charge in [0, 0.05) is 23.7 Å². The van der Waals surface area contributed by atoms with Gasteiger partial charge in [-0.2, -0.15) is 5.26 Å². The Kier molecular flexibility index (Phi) is 3.29. The van der Waals surface area contributed by atoms with Crippen LogP contribution in [0.4, 0.5) is 5.69 Å². The molecule has 1 aromatic heterocycles. The molecule has 102 valence electrons. The third-order valence-corrected chi connectivity index (χ3v) is 4.24. The Balaban J connectivity index is 2.12. The van der Waals surface area contributed by atoms with Crippen molar-refractivity contribution in [3.63, 3.8) is 0 Å². The monoisotopic (exact) mass is 266 g/mol. The summed E-state index contributed by atoms with van der Waals surface area (Å²) < 4.78 is 0. The minimum absolute atomic E-state index is 0.0737. The van der Waals surface area contributed by atoms with E-state index >= 15 is 0 Å². The molecule has 1 aromatic carbocycles. The fraction of sp³-hybridized carbons (Fsp3) is 0.375. The lowest BCUT2D eigenvalue weighted by molar-refractivity contribution is 0.493. The van der Waals surface area contributed by atoms with Crippen molar-refractivity contribution in [2.75, 3.05) is 11.9 Å². The van der Waals surface area contributed by atoms with Crippen LogP contribution in [0.2, 0.25) is 0 Å². The molecule has 3 N–H and O–H groups in total. The molecule has 0 spiro atoms. The molecule has 20 heavy (non-hydrogen) atoms. The van der Waals surface area contributed by atoms with Crippen molar-refractivity contribution in [2.45, 2.75) is 31.2 Å². The number of aromatic nitrogens is 1.